The van der Waals surface area contributed by atoms with Crippen LogP contribution in [0, 0.1) is 6.92 Å². The third kappa shape index (κ3) is 4.64. The average Bonchev–Trinajstić information content (AvgIpc) is 2.64. The smallest absolute Gasteiger partial charge is 0.257 e. The van der Waals surface area contributed by atoms with E-state index in [1.807, 2.05) is 25.1 Å². The molecule has 0 spiro atoms. The highest BCUT2D eigenvalue weighted by Crippen LogP contribution is 2.22. The van der Waals surface area contributed by atoms with Crippen molar-refractivity contribution in [2.75, 3.05) is 10.6 Å². The number of halogens is 2. The molecule has 1 aromatic heterocycles. The van der Waals surface area contributed by atoms with Crippen molar-refractivity contribution in [3.8, 4) is 0 Å². The highest BCUT2D eigenvalue weighted by Gasteiger charge is 2.15. The minimum atomic E-state index is -0.447. The Balaban J connectivity index is 1.82. The van der Waals surface area contributed by atoms with Crippen LogP contribution in [-0.2, 0) is 0 Å². The van der Waals surface area contributed by atoms with E-state index in [0.29, 0.717) is 16.9 Å². The van der Waals surface area contributed by atoms with Gasteiger partial charge in [0.2, 0.25) is 0 Å². The molecule has 3 rings (SSSR count). The highest BCUT2D eigenvalue weighted by atomic mass is 35.5. The summed E-state index contributed by atoms with van der Waals surface area (Å²) >= 11 is 11.7. The molecule has 2 aromatic carbocycles. The number of benzene rings is 2. The number of carbonyl (C=O) groups excluding carboxylic acids is 2. The minimum absolute atomic E-state index is 0.117. The van der Waals surface area contributed by atoms with E-state index in [0.717, 1.165) is 5.56 Å². The van der Waals surface area contributed by atoms with E-state index in [1.54, 1.807) is 30.3 Å². The van der Waals surface area contributed by atoms with Crippen molar-refractivity contribution in [2.45, 2.75) is 6.92 Å². The van der Waals surface area contributed by atoms with Gasteiger partial charge in [0.25, 0.3) is 11.8 Å². The van der Waals surface area contributed by atoms with Crippen molar-refractivity contribution in [1.82, 2.24) is 4.98 Å². The third-order valence-electron chi connectivity index (χ3n) is 3.75. The summed E-state index contributed by atoms with van der Waals surface area (Å²) in [6.07, 6.45) is 1.32. The number of pyridine rings is 1. The summed E-state index contributed by atoms with van der Waals surface area (Å²) in [5.74, 6) is -0.777. The second-order valence-electron chi connectivity index (χ2n) is 5.82. The lowest BCUT2D eigenvalue weighted by atomic mass is 10.1. The molecule has 0 aliphatic heterocycles. The summed E-state index contributed by atoms with van der Waals surface area (Å²) in [5, 5.41) is 5.83. The molecule has 0 aliphatic rings. The van der Waals surface area contributed by atoms with Crippen molar-refractivity contribution in [2.24, 2.45) is 0 Å². The van der Waals surface area contributed by atoms with Gasteiger partial charge in [-0.15, -0.1) is 0 Å². The van der Waals surface area contributed by atoms with Crippen LogP contribution in [0.4, 0.5) is 11.4 Å². The second-order valence-corrected chi connectivity index (χ2v) is 6.59. The average molecular weight is 400 g/mol. The summed E-state index contributed by atoms with van der Waals surface area (Å²) in [4.78, 5) is 29.0. The summed E-state index contributed by atoms with van der Waals surface area (Å²) < 4.78 is 0. The molecular formula is C20H15Cl2N3O2. The molecule has 0 unspecified atom stereocenters. The second kappa shape index (κ2) is 8.20. The van der Waals surface area contributed by atoms with Crippen molar-refractivity contribution >= 4 is 46.4 Å². The van der Waals surface area contributed by atoms with Crippen LogP contribution in [0.3, 0.4) is 0 Å². The molecule has 0 atom stereocenters. The Hall–Kier alpha value is -2.89. The predicted octanol–water partition coefficient (Wildman–Crippen LogP) is 5.20. The molecule has 2 amide bonds. The molecule has 2 N–H and O–H groups in total. The molecule has 3 aromatic rings. The normalized spacial score (nSPS) is 10.3. The fourth-order valence-corrected chi connectivity index (χ4v) is 2.72. The van der Waals surface area contributed by atoms with Crippen LogP contribution >= 0.6 is 23.2 Å². The summed E-state index contributed by atoms with van der Waals surface area (Å²) in [7, 11) is 0. The quantitative estimate of drug-likeness (QED) is 0.592. The standard InChI is InChI=1S/C20H15Cl2N3O2/c1-12-5-4-6-14(9-12)24-20(27)15-7-2-3-8-17(15)25-19(26)13-10-16(21)18(22)23-11-13/h2-11H,1H3,(H,24,27)(H,25,26). The van der Waals surface area contributed by atoms with Gasteiger partial charge >= 0.3 is 0 Å². The van der Waals surface area contributed by atoms with Crippen molar-refractivity contribution in [3.63, 3.8) is 0 Å². The fraction of sp³-hybridized carbons (Fsp3) is 0.0500. The van der Waals surface area contributed by atoms with Gasteiger partial charge in [-0.1, -0.05) is 47.5 Å². The number of anilines is 2. The van der Waals surface area contributed by atoms with Crippen LogP contribution in [0.25, 0.3) is 0 Å². The molecule has 0 aliphatic carbocycles. The number of nitrogens with zero attached hydrogens (tertiary/aromatic N) is 1. The van der Waals surface area contributed by atoms with Gasteiger partial charge in [0, 0.05) is 11.9 Å². The van der Waals surface area contributed by atoms with Gasteiger partial charge in [-0.05, 0) is 42.8 Å². The molecular weight excluding hydrogens is 385 g/mol. The van der Waals surface area contributed by atoms with Crippen LogP contribution in [0.15, 0.2) is 60.8 Å². The highest BCUT2D eigenvalue weighted by molar-refractivity contribution is 6.41. The van der Waals surface area contributed by atoms with E-state index in [2.05, 4.69) is 15.6 Å². The lowest BCUT2D eigenvalue weighted by Crippen LogP contribution is -2.18. The number of para-hydroxylation sites is 1. The zero-order valence-electron chi connectivity index (χ0n) is 14.3. The number of aromatic nitrogens is 1. The molecule has 27 heavy (non-hydrogen) atoms. The minimum Gasteiger partial charge on any atom is -0.322 e. The van der Waals surface area contributed by atoms with E-state index >= 15 is 0 Å². The first-order chi connectivity index (χ1) is 12.9. The molecule has 0 bridgehead atoms. The summed E-state index contributed by atoms with van der Waals surface area (Å²) in [6.45, 7) is 1.94. The Morgan fingerprint density at radius 3 is 2.44 bits per heavy atom. The lowest BCUT2D eigenvalue weighted by molar-refractivity contribution is 0.102. The molecule has 0 fully saturated rings. The number of nitrogens with one attached hydrogen (secondary N) is 2. The first kappa shape index (κ1) is 18.9. The number of rotatable bonds is 4. The van der Waals surface area contributed by atoms with Gasteiger partial charge in [-0.25, -0.2) is 4.98 Å². The maximum Gasteiger partial charge on any atom is 0.257 e. The van der Waals surface area contributed by atoms with E-state index in [1.165, 1.54) is 12.3 Å². The van der Waals surface area contributed by atoms with Crippen molar-refractivity contribution in [3.05, 3.63) is 87.7 Å². The zero-order chi connectivity index (χ0) is 19.4. The maximum absolute atomic E-state index is 12.6. The summed E-state index contributed by atoms with van der Waals surface area (Å²) in [5.41, 5.74) is 2.65. The van der Waals surface area contributed by atoms with E-state index in [4.69, 9.17) is 23.2 Å². The topological polar surface area (TPSA) is 71.1 Å². The Morgan fingerprint density at radius 2 is 1.70 bits per heavy atom. The Bertz CT molecular complexity index is 1020. The van der Waals surface area contributed by atoms with E-state index in [9.17, 15) is 9.59 Å². The Morgan fingerprint density at radius 1 is 0.926 bits per heavy atom. The number of aryl methyl sites for hydroxylation is 1. The van der Waals surface area contributed by atoms with Crippen molar-refractivity contribution in [1.29, 1.82) is 0 Å². The molecule has 136 valence electrons. The third-order valence-corrected chi connectivity index (χ3v) is 4.44. The van der Waals surface area contributed by atoms with Gasteiger partial charge in [0.15, 0.2) is 0 Å². The van der Waals surface area contributed by atoms with Gasteiger partial charge in [0.1, 0.15) is 5.15 Å². The Kier molecular flexibility index (Phi) is 5.74. The van der Waals surface area contributed by atoms with Gasteiger partial charge in [0.05, 0.1) is 21.8 Å². The van der Waals surface area contributed by atoms with E-state index < -0.39 is 5.91 Å². The van der Waals surface area contributed by atoms with Gasteiger partial charge in [-0.2, -0.15) is 0 Å². The molecule has 7 heteroatoms. The maximum atomic E-state index is 12.6. The zero-order valence-corrected chi connectivity index (χ0v) is 15.8. The first-order valence-electron chi connectivity index (χ1n) is 8.03. The number of amides is 2. The number of carbonyl (C=O) groups is 2. The molecule has 0 saturated carbocycles. The molecule has 0 saturated heterocycles. The lowest BCUT2D eigenvalue weighted by Gasteiger charge is -2.12. The Labute approximate surface area is 166 Å². The predicted molar refractivity (Wildman–Crippen MR) is 108 cm³/mol. The SMILES string of the molecule is Cc1cccc(NC(=O)c2ccccc2NC(=O)c2cnc(Cl)c(Cl)c2)c1. The van der Waals surface area contributed by atoms with Gasteiger partial charge in [-0.3, -0.25) is 9.59 Å². The van der Waals surface area contributed by atoms with Crippen LogP contribution in [0.1, 0.15) is 26.3 Å². The number of hydrogen-bond acceptors (Lipinski definition) is 3. The largest absolute Gasteiger partial charge is 0.322 e. The van der Waals surface area contributed by atoms with Crippen LogP contribution in [-0.4, -0.2) is 16.8 Å². The molecule has 1 heterocycles. The van der Waals surface area contributed by atoms with Crippen LogP contribution in [0.2, 0.25) is 10.2 Å². The fourth-order valence-electron chi connectivity index (χ4n) is 2.45. The first-order valence-corrected chi connectivity index (χ1v) is 8.79. The van der Waals surface area contributed by atoms with Crippen molar-refractivity contribution < 1.29 is 9.59 Å². The van der Waals surface area contributed by atoms with Crippen LogP contribution < -0.4 is 10.6 Å². The van der Waals surface area contributed by atoms with Crippen LogP contribution in [0.5, 0.6) is 0 Å². The van der Waals surface area contributed by atoms with E-state index in [-0.39, 0.29) is 21.6 Å². The number of hydrogen-bond donors (Lipinski definition) is 2. The van der Waals surface area contributed by atoms with Gasteiger partial charge < -0.3 is 10.6 Å². The molecule has 5 nitrogen and oxygen atoms in total. The molecule has 0 radical (unpaired) electrons. The summed E-state index contributed by atoms with van der Waals surface area (Å²) in [6, 6.07) is 15.6. The monoisotopic (exact) mass is 399 g/mol.